The topological polar surface area (TPSA) is 79.4 Å². The largest absolute Gasteiger partial charge is 0.353 e. The molecule has 3 rings (SSSR count). The van der Waals surface area contributed by atoms with Gasteiger partial charge in [-0.1, -0.05) is 0 Å². The van der Waals surface area contributed by atoms with E-state index in [2.05, 4.69) is 10.3 Å². The predicted octanol–water partition coefficient (Wildman–Crippen LogP) is 1.15. The van der Waals surface area contributed by atoms with E-state index in [1.807, 2.05) is 5.38 Å². The highest BCUT2D eigenvalue weighted by Crippen LogP contribution is 2.32. The SMILES string of the molecule is O=C(CCc1cscn1)NC1CCN(S(=O)(=O)C2CC2)CC1. The summed E-state index contributed by atoms with van der Waals surface area (Å²) in [6, 6.07) is 0.0913. The van der Waals surface area contributed by atoms with Crippen molar-refractivity contribution < 1.29 is 13.2 Å². The lowest BCUT2D eigenvalue weighted by atomic mass is 10.1. The lowest BCUT2D eigenvalue weighted by molar-refractivity contribution is -0.122. The zero-order valence-electron chi connectivity index (χ0n) is 12.4. The van der Waals surface area contributed by atoms with Crippen molar-refractivity contribution in [1.29, 1.82) is 0 Å². The van der Waals surface area contributed by atoms with Crippen molar-refractivity contribution in [1.82, 2.24) is 14.6 Å². The van der Waals surface area contributed by atoms with Crippen LogP contribution in [0.1, 0.15) is 37.8 Å². The van der Waals surface area contributed by atoms with E-state index >= 15 is 0 Å². The van der Waals surface area contributed by atoms with Gasteiger partial charge >= 0.3 is 0 Å². The van der Waals surface area contributed by atoms with E-state index in [1.165, 1.54) is 11.3 Å². The van der Waals surface area contributed by atoms with Gasteiger partial charge < -0.3 is 5.32 Å². The molecule has 1 aromatic heterocycles. The molecule has 1 aliphatic carbocycles. The minimum atomic E-state index is -3.07. The van der Waals surface area contributed by atoms with Crippen LogP contribution in [0.25, 0.3) is 0 Å². The Morgan fingerprint density at radius 2 is 2.05 bits per heavy atom. The molecule has 1 aromatic rings. The molecule has 0 radical (unpaired) electrons. The van der Waals surface area contributed by atoms with Crippen LogP contribution in [0.2, 0.25) is 0 Å². The van der Waals surface area contributed by atoms with Crippen molar-refractivity contribution in [2.24, 2.45) is 0 Å². The Hall–Kier alpha value is -0.990. The first-order chi connectivity index (χ1) is 10.6. The van der Waals surface area contributed by atoms with Gasteiger partial charge in [-0.2, -0.15) is 0 Å². The number of piperidine rings is 1. The van der Waals surface area contributed by atoms with Crippen LogP contribution in [-0.4, -0.2) is 48.0 Å². The summed E-state index contributed by atoms with van der Waals surface area (Å²) in [6.45, 7) is 1.05. The Balaban J connectivity index is 1.41. The summed E-state index contributed by atoms with van der Waals surface area (Å²) in [6.07, 6.45) is 4.10. The van der Waals surface area contributed by atoms with E-state index in [0.717, 1.165) is 18.5 Å². The number of aryl methyl sites for hydroxylation is 1. The molecule has 1 saturated heterocycles. The Kier molecular flexibility index (Phi) is 4.79. The van der Waals surface area contributed by atoms with Crippen LogP contribution < -0.4 is 5.32 Å². The first-order valence-corrected chi connectivity index (χ1v) is 10.2. The van der Waals surface area contributed by atoms with Gasteiger partial charge in [-0.05, 0) is 32.1 Å². The third kappa shape index (κ3) is 3.85. The molecule has 1 aliphatic heterocycles. The standard InChI is InChI=1S/C14H21N3O3S2/c18-14(4-1-12-9-21-10-15-12)16-11-5-7-17(8-6-11)22(19,20)13-2-3-13/h9-11,13H,1-8H2,(H,16,18). The third-order valence-corrected chi connectivity index (χ3v) is 7.25. The second kappa shape index (κ2) is 6.64. The van der Waals surface area contributed by atoms with E-state index in [0.29, 0.717) is 38.8 Å². The average Bonchev–Trinajstić information content (AvgIpc) is 3.24. The number of thiazole rings is 1. The average molecular weight is 343 g/mol. The minimum Gasteiger partial charge on any atom is -0.353 e. The lowest BCUT2D eigenvalue weighted by Crippen LogP contribution is -2.47. The zero-order chi connectivity index (χ0) is 15.6. The Morgan fingerprint density at radius 3 is 2.64 bits per heavy atom. The molecule has 1 saturated carbocycles. The first-order valence-electron chi connectivity index (χ1n) is 7.71. The summed E-state index contributed by atoms with van der Waals surface area (Å²) < 4.78 is 25.9. The van der Waals surface area contributed by atoms with Crippen molar-refractivity contribution >= 4 is 27.3 Å². The molecular formula is C14H21N3O3S2. The number of nitrogens with zero attached hydrogens (tertiary/aromatic N) is 2. The second-order valence-corrected chi connectivity index (χ2v) is 8.90. The zero-order valence-corrected chi connectivity index (χ0v) is 14.0. The molecule has 0 aromatic carbocycles. The van der Waals surface area contributed by atoms with E-state index in [-0.39, 0.29) is 17.2 Å². The molecule has 0 spiro atoms. The van der Waals surface area contributed by atoms with Crippen molar-refractivity contribution in [2.75, 3.05) is 13.1 Å². The highest BCUT2D eigenvalue weighted by atomic mass is 32.2. The first kappa shape index (κ1) is 15.9. The Morgan fingerprint density at radius 1 is 1.32 bits per heavy atom. The van der Waals surface area contributed by atoms with Gasteiger partial charge in [0.2, 0.25) is 15.9 Å². The normalized spacial score (nSPS) is 20.9. The highest BCUT2D eigenvalue weighted by Gasteiger charge is 2.41. The van der Waals surface area contributed by atoms with Crippen LogP contribution >= 0.6 is 11.3 Å². The van der Waals surface area contributed by atoms with Crippen molar-refractivity contribution in [3.63, 3.8) is 0 Å². The van der Waals surface area contributed by atoms with Crippen molar-refractivity contribution in [2.45, 2.75) is 49.8 Å². The summed E-state index contributed by atoms with van der Waals surface area (Å²) in [5, 5.41) is 4.82. The molecule has 1 N–H and O–H groups in total. The predicted molar refractivity (Wildman–Crippen MR) is 85.1 cm³/mol. The summed E-state index contributed by atoms with van der Waals surface area (Å²) >= 11 is 1.53. The molecule has 1 amide bonds. The maximum Gasteiger partial charge on any atom is 0.220 e. The van der Waals surface area contributed by atoms with E-state index in [9.17, 15) is 13.2 Å². The molecule has 0 bridgehead atoms. The number of aromatic nitrogens is 1. The number of hydrogen-bond donors (Lipinski definition) is 1. The van der Waals surface area contributed by atoms with Gasteiger partial charge in [-0.15, -0.1) is 11.3 Å². The van der Waals surface area contributed by atoms with Gasteiger partial charge in [-0.3, -0.25) is 4.79 Å². The fraction of sp³-hybridized carbons (Fsp3) is 0.714. The molecule has 2 heterocycles. The van der Waals surface area contributed by atoms with Crippen molar-refractivity contribution in [3.8, 4) is 0 Å². The van der Waals surface area contributed by atoms with Crippen LogP contribution in [0, 0.1) is 0 Å². The van der Waals surface area contributed by atoms with Gasteiger partial charge in [-0.25, -0.2) is 17.7 Å². The monoisotopic (exact) mass is 343 g/mol. The molecule has 122 valence electrons. The quantitative estimate of drug-likeness (QED) is 0.840. The van der Waals surface area contributed by atoms with Crippen LogP contribution in [-0.2, 0) is 21.2 Å². The fourth-order valence-electron chi connectivity index (χ4n) is 2.73. The Labute approximate surface area is 135 Å². The number of rotatable bonds is 6. The number of hydrogen-bond acceptors (Lipinski definition) is 5. The summed E-state index contributed by atoms with van der Waals surface area (Å²) in [5.41, 5.74) is 2.72. The number of amides is 1. The van der Waals surface area contributed by atoms with Gasteiger partial charge in [0, 0.05) is 30.9 Å². The van der Waals surface area contributed by atoms with Crippen LogP contribution in [0.4, 0.5) is 0 Å². The number of nitrogens with one attached hydrogen (secondary N) is 1. The number of carbonyl (C=O) groups excluding carboxylic acids is 1. The summed E-state index contributed by atoms with van der Waals surface area (Å²) in [4.78, 5) is 16.1. The molecule has 0 unspecified atom stereocenters. The summed E-state index contributed by atoms with van der Waals surface area (Å²) in [5.74, 6) is 0.0245. The van der Waals surface area contributed by atoms with Gasteiger partial charge in [0.05, 0.1) is 16.5 Å². The fourth-order valence-corrected chi connectivity index (χ4v) is 5.20. The third-order valence-electron chi connectivity index (χ3n) is 4.22. The molecule has 22 heavy (non-hydrogen) atoms. The van der Waals surface area contributed by atoms with E-state index in [4.69, 9.17) is 0 Å². The molecule has 0 atom stereocenters. The highest BCUT2D eigenvalue weighted by molar-refractivity contribution is 7.90. The maximum absolute atomic E-state index is 12.1. The number of sulfonamides is 1. The van der Waals surface area contributed by atoms with Gasteiger partial charge in [0.25, 0.3) is 0 Å². The second-order valence-electron chi connectivity index (χ2n) is 5.96. The van der Waals surface area contributed by atoms with Crippen molar-refractivity contribution in [3.05, 3.63) is 16.6 Å². The summed E-state index contributed by atoms with van der Waals surface area (Å²) in [7, 11) is -3.07. The van der Waals surface area contributed by atoms with E-state index in [1.54, 1.807) is 9.82 Å². The Bertz CT molecular complexity index is 603. The minimum absolute atomic E-state index is 0.0245. The van der Waals surface area contributed by atoms with Crippen LogP contribution in [0.3, 0.4) is 0 Å². The molecule has 2 fully saturated rings. The van der Waals surface area contributed by atoms with Crippen LogP contribution in [0.15, 0.2) is 10.9 Å². The smallest absolute Gasteiger partial charge is 0.220 e. The lowest BCUT2D eigenvalue weighted by Gasteiger charge is -2.31. The molecule has 2 aliphatic rings. The maximum atomic E-state index is 12.1. The molecule has 8 heteroatoms. The van der Waals surface area contributed by atoms with E-state index < -0.39 is 10.0 Å². The number of carbonyl (C=O) groups is 1. The van der Waals surface area contributed by atoms with Gasteiger partial charge in [0.1, 0.15) is 0 Å². The molecular weight excluding hydrogens is 322 g/mol. The van der Waals surface area contributed by atoms with Crippen LogP contribution in [0.5, 0.6) is 0 Å². The molecule has 6 nitrogen and oxygen atoms in total. The van der Waals surface area contributed by atoms with Gasteiger partial charge in [0.15, 0.2) is 0 Å².